The number of para-hydroxylation sites is 3. The summed E-state index contributed by atoms with van der Waals surface area (Å²) in [6, 6.07) is 21.3. The van der Waals surface area contributed by atoms with Crippen LogP contribution in [0.15, 0.2) is 84.1 Å². The van der Waals surface area contributed by atoms with Crippen molar-refractivity contribution in [2.45, 2.75) is 25.3 Å². The zero-order valence-corrected chi connectivity index (χ0v) is 19.7. The number of hydrogen-bond acceptors (Lipinski definition) is 5. The van der Waals surface area contributed by atoms with E-state index in [-0.39, 0.29) is 11.8 Å². The fraction of sp³-hybridized carbons (Fsp3) is 0.214. The van der Waals surface area contributed by atoms with Gasteiger partial charge in [0.1, 0.15) is 11.5 Å². The van der Waals surface area contributed by atoms with E-state index >= 15 is 0 Å². The van der Waals surface area contributed by atoms with E-state index in [2.05, 4.69) is 10.6 Å². The zero-order valence-electron chi connectivity index (χ0n) is 19.7. The monoisotopic (exact) mass is 469 g/mol. The van der Waals surface area contributed by atoms with Crippen molar-refractivity contribution in [3.05, 3.63) is 89.6 Å². The van der Waals surface area contributed by atoms with Crippen molar-refractivity contribution in [2.24, 2.45) is 0 Å². The number of fused-ring (bicyclic) bond motifs is 1. The van der Waals surface area contributed by atoms with E-state index in [9.17, 15) is 9.59 Å². The second-order valence-corrected chi connectivity index (χ2v) is 8.48. The highest BCUT2D eigenvalue weighted by Crippen LogP contribution is 2.46. The van der Waals surface area contributed by atoms with Gasteiger partial charge >= 0.3 is 6.03 Å². The van der Waals surface area contributed by atoms with E-state index < -0.39 is 6.04 Å². The number of nitrogens with one attached hydrogen (secondary N) is 2. The summed E-state index contributed by atoms with van der Waals surface area (Å²) in [7, 11) is 3.20. The summed E-state index contributed by atoms with van der Waals surface area (Å²) in [5.41, 5.74) is 4.27. The average Bonchev–Trinajstić information content (AvgIpc) is 3.04. The molecule has 1 heterocycles. The van der Waals surface area contributed by atoms with Gasteiger partial charge in [-0.15, -0.1) is 0 Å². The Morgan fingerprint density at radius 2 is 1.69 bits per heavy atom. The molecule has 7 nitrogen and oxygen atoms in total. The van der Waals surface area contributed by atoms with Gasteiger partial charge in [-0.05, 0) is 55.3 Å². The van der Waals surface area contributed by atoms with Crippen molar-refractivity contribution in [3.63, 3.8) is 0 Å². The van der Waals surface area contributed by atoms with Gasteiger partial charge in [-0.1, -0.05) is 30.3 Å². The van der Waals surface area contributed by atoms with Crippen LogP contribution in [0.1, 0.15) is 30.9 Å². The van der Waals surface area contributed by atoms with E-state index in [0.29, 0.717) is 34.9 Å². The minimum atomic E-state index is -0.664. The lowest BCUT2D eigenvalue weighted by atomic mass is 9.85. The van der Waals surface area contributed by atoms with Gasteiger partial charge in [-0.3, -0.25) is 9.69 Å². The third-order valence-electron chi connectivity index (χ3n) is 6.43. The molecule has 1 aliphatic heterocycles. The van der Waals surface area contributed by atoms with Crippen LogP contribution in [0.3, 0.4) is 0 Å². The van der Waals surface area contributed by atoms with Crippen LogP contribution in [0, 0.1) is 0 Å². The summed E-state index contributed by atoms with van der Waals surface area (Å²) < 4.78 is 10.9. The molecule has 0 saturated carbocycles. The number of methoxy groups -OCH3 is 2. The molecule has 0 aromatic heterocycles. The molecule has 1 aliphatic carbocycles. The second kappa shape index (κ2) is 9.54. The van der Waals surface area contributed by atoms with Crippen LogP contribution in [0.2, 0.25) is 0 Å². The number of rotatable bonds is 4. The van der Waals surface area contributed by atoms with Crippen molar-refractivity contribution in [2.75, 3.05) is 29.8 Å². The normalized spacial score (nSPS) is 17.0. The fourth-order valence-corrected chi connectivity index (χ4v) is 4.80. The number of ketones is 1. The highest BCUT2D eigenvalue weighted by atomic mass is 16.5. The molecule has 0 spiro atoms. The number of anilines is 3. The maximum Gasteiger partial charge on any atom is 0.327 e. The third-order valence-corrected chi connectivity index (χ3v) is 6.43. The van der Waals surface area contributed by atoms with Crippen LogP contribution >= 0.6 is 0 Å². The molecule has 1 atom stereocenters. The number of carbonyl (C=O) groups is 2. The number of allylic oxidation sites excluding steroid dienone is 1. The first-order valence-electron chi connectivity index (χ1n) is 11.6. The summed E-state index contributed by atoms with van der Waals surface area (Å²) in [6.45, 7) is 0. The van der Waals surface area contributed by atoms with Gasteiger partial charge in [-0.25, -0.2) is 4.79 Å². The SMILES string of the molecule is COc1ccc(NC(=O)N2c3ccccc3NC3=C(C(=O)CCC3)[C@H]2c2ccccc2OC)cc1. The number of nitrogens with zero attached hydrogens (tertiary/aromatic N) is 1. The lowest BCUT2D eigenvalue weighted by molar-refractivity contribution is -0.116. The minimum Gasteiger partial charge on any atom is -0.497 e. The molecule has 0 fully saturated rings. The standard InChI is InChI=1S/C28H27N3O4/c1-34-19-16-14-18(15-17-19)29-28(33)31-23-11-5-4-9-21(23)30-22-10-7-12-24(32)26(22)27(31)20-8-3-6-13-25(20)35-2/h3-6,8-9,11,13-17,27,30H,7,10,12H2,1-2H3,(H,29,33)/t27-/m1/s1. The first kappa shape index (κ1) is 22.5. The van der Waals surface area contributed by atoms with E-state index in [0.717, 1.165) is 29.8 Å². The first-order valence-corrected chi connectivity index (χ1v) is 11.6. The smallest absolute Gasteiger partial charge is 0.327 e. The van der Waals surface area contributed by atoms with Crippen LogP contribution in [-0.2, 0) is 4.79 Å². The van der Waals surface area contributed by atoms with Crippen LogP contribution in [0.4, 0.5) is 21.9 Å². The van der Waals surface area contributed by atoms with Crippen molar-refractivity contribution in [1.29, 1.82) is 0 Å². The number of hydrogen-bond donors (Lipinski definition) is 2. The Labute approximate surface area is 204 Å². The van der Waals surface area contributed by atoms with Crippen molar-refractivity contribution < 1.29 is 19.1 Å². The second-order valence-electron chi connectivity index (χ2n) is 8.48. The Balaban J connectivity index is 1.69. The molecule has 7 heteroatoms. The molecule has 35 heavy (non-hydrogen) atoms. The van der Waals surface area contributed by atoms with Crippen LogP contribution in [0.25, 0.3) is 0 Å². The molecular formula is C28H27N3O4. The first-order chi connectivity index (χ1) is 17.1. The maximum absolute atomic E-state index is 14.0. The number of urea groups is 1. The molecule has 0 radical (unpaired) electrons. The van der Waals surface area contributed by atoms with E-state index in [1.807, 2.05) is 48.5 Å². The van der Waals surface area contributed by atoms with E-state index in [4.69, 9.17) is 9.47 Å². The third kappa shape index (κ3) is 4.21. The van der Waals surface area contributed by atoms with Gasteiger partial charge in [0.05, 0.1) is 31.6 Å². The van der Waals surface area contributed by atoms with Crippen molar-refractivity contribution in [1.82, 2.24) is 0 Å². The quantitative estimate of drug-likeness (QED) is 0.496. The van der Waals surface area contributed by atoms with Crippen molar-refractivity contribution in [3.8, 4) is 11.5 Å². The molecule has 0 saturated heterocycles. The number of ether oxygens (including phenoxy) is 2. The Morgan fingerprint density at radius 1 is 0.943 bits per heavy atom. The number of carbonyl (C=O) groups excluding carboxylic acids is 2. The molecule has 2 amide bonds. The maximum atomic E-state index is 14.0. The Kier molecular flexibility index (Phi) is 6.14. The van der Waals surface area contributed by atoms with Gasteiger partial charge in [0.25, 0.3) is 0 Å². The molecule has 0 unspecified atom stereocenters. The molecule has 0 bridgehead atoms. The summed E-state index contributed by atoms with van der Waals surface area (Å²) in [4.78, 5) is 29.0. The van der Waals surface area contributed by atoms with Crippen LogP contribution in [0.5, 0.6) is 11.5 Å². The van der Waals surface area contributed by atoms with Gasteiger partial charge in [0.2, 0.25) is 0 Å². The molecule has 2 N–H and O–H groups in total. The van der Waals surface area contributed by atoms with Crippen molar-refractivity contribution >= 4 is 28.9 Å². The molecule has 3 aromatic carbocycles. The predicted molar refractivity (Wildman–Crippen MR) is 136 cm³/mol. The van der Waals surface area contributed by atoms with Crippen LogP contribution < -0.4 is 25.0 Å². The molecule has 178 valence electrons. The Bertz CT molecular complexity index is 1300. The average molecular weight is 470 g/mol. The van der Waals surface area contributed by atoms with Crippen LogP contribution in [-0.4, -0.2) is 26.0 Å². The summed E-state index contributed by atoms with van der Waals surface area (Å²) >= 11 is 0. The number of amides is 2. The minimum absolute atomic E-state index is 0.0321. The fourth-order valence-electron chi connectivity index (χ4n) is 4.80. The highest BCUT2D eigenvalue weighted by molar-refractivity contribution is 6.09. The van der Waals surface area contributed by atoms with Gasteiger partial charge in [0, 0.05) is 28.9 Å². The summed E-state index contributed by atoms with van der Waals surface area (Å²) in [5, 5.41) is 6.48. The topological polar surface area (TPSA) is 79.9 Å². The van der Waals surface area contributed by atoms with E-state index in [1.54, 1.807) is 43.4 Å². The molecule has 2 aliphatic rings. The number of benzene rings is 3. The highest BCUT2D eigenvalue weighted by Gasteiger charge is 2.40. The molecule has 3 aromatic rings. The van der Waals surface area contributed by atoms with E-state index in [1.165, 1.54) is 0 Å². The zero-order chi connectivity index (χ0) is 24.4. The largest absolute Gasteiger partial charge is 0.497 e. The lowest BCUT2D eigenvalue weighted by Crippen LogP contribution is -2.40. The Hall–Kier alpha value is -4.26. The van der Waals surface area contributed by atoms with Gasteiger partial charge in [-0.2, -0.15) is 0 Å². The predicted octanol–water partition coefficient (Wildman–Crippen LogP) is 5.92. The van der Waals surface area contributed by atoms with Gasteiger partial charge in [0.15, 0.2) is 5.78 Å². The summed E-state index contributed by atoms with van der Waals surface area (Å²) in [6.07, 6.45) is 1.94. The Morgan fingerprint density at radius 3 is 2.46 bits per heavy atom. The lowest BCUT2D eigenvalue weighted by Gasteiger charge is -2.34. The number of Topliss-reactive ketones (excluding diaryl/α,β-unsaturated/α-hetero) is 1. The van der Waals surface area contributed by atoms with Gasteiger partial charge < -0.3 is 20.1 Å². The summed E-state index contributed by atoms with van der Waals surface area (Å²) in [5.74, 6) is 1.34. The molecular weight excluding hydrogens is 442 g/mol. The molecule has 5 rings (SSSR count).